The van der Waals surface area contributed by atoms with Gasteiger partial charge in [0, 0.05) is 5.02 Å². The van der Waals surface area contributed by atoms with Crippen LogP contribution in [0.1, 0.15) is 22.3 Å². The van der Waals surface area contributed by atoms with Crippen LogP contribution in [0, 0.1) is 26.6 Å². The smallest absolute Gasteiger partial charge is 0.246 e. The standard InChI is InChI=1S/C18H18ClFN4O2S/c1-11-6-12(2)17(13(3)7-11)27(25,26)23-18-21-10-24(22-18)9-14-4-5-15(20)8-16(14)19/h4-8,10H,9H2,1-3H3,(H,22,23). The van der Waals surface area contributed by atoms with E-state index in [1.807, 2.05) is 19.1 Å². The summed E-state index contributed by atoms with van der Waals surface area (Å²) in [5, 5.41) is 4.38. The summed E-state index contributed by atoms with van der Waals surface area (Å²) in [4.78, 5) is 4.21. The highest BCUT2D eigenvalue weighted by Gasteiger charge is 2.21. The molecule has 27 heavy (non-hydrogen) atoms. The van der Waals surface area contributed by atoms with E-state index in [9.17, 15) is 12.8 Å². The van der Waals surface area contributed by atoms with Gasteiger partial charge >= 0.3 is 0 Å². The first-order valence-corrected chi connectivity index (χ1v) is 9.96. The van der Waals surface area contributed by atoms with Crippen LogP contribution in [-0.2, 0) is 16.6 Å². The molecule has 0 spiro atoms. The van der Waals surface area contributed by atoms with Gasteiger partial charge in [0.05, 0.1) is 11.4 Å². The van der Waals surface area contributed by atoms with Crippen molar-refractivity contribution in [3.8, 4) is 0 Å². The highest BCUT2D eigenvalue weighted by molar-refractivity contribution is 7.92. The lowest BCUT2D eigenvalue weighted by Crippen LogP contribution is -2.17. The zero-order valence-electron chi connectivity index (χ0n) is 15.0. The third kappa shape index (κ3) is 4.28. The molecule has 0 unspecified atom stereocenters. The number of rotatable bonds is 5. The summed E-state index contributed by atoms with van der Waals surface area (Å²) >= 11 is 6.01. The van der Waals surface area contributed by atoms with Crippen LogP contribution in [0.2, 0.25) is 5.02 Å². The summed E-state index contributed by atoms with van der Waals surface area (Å²) in [6.07, 6.45) is 1.38. The number of hydrogen-bond donors (Lipinski definition) is 1. The second-order valence-electron chi connectivity index (χ2n) is 6.33. The zero-order chi connectivity index (χ0) is 19.8. The van der Waals surface area contributed by atoms with Crippen LogP contribution >= 0.6 is 11.6 Å². The Kier molecular flexibility index (Phi) is 5.21. The maximum absolute atomic E-state index is 13.1. The number of anilines is 1. The molecule has 0 aliphatic heterocycles. The summed E-state index contributed by atoms with van der Waals surface area (Å²) < 4.78 is 42.5. The molecule has 2 aromatic carbocycles. The fourth-order valence-electron chi connectivity index (χ4n) is 3.00. The topological polar surface area (TPSA) is 76.9 Å². The molecule has 9 heteroatoms. The first kappa shape index (κ1) is 19.3. The summed E-state index contributed by atoms with van der Waals surface area (Å²) in [7, 11) is -3.83. The fraction of sp³-hybridized carbons (Fsp3) is 0.222. The molecule has 1 N–H and O–H groups in total. The van der Waals surface area contributed by atoms with E-state index in [-0.39, 0.29) is 22.4 Å². The van der Waals surface area contributed by atoms with E-state index in [1.54, 1.807) is 19.9 Å². The van der Waals surface area contributed by atoms with Gasteiger partial charge in [-0.05, 0) is 49.6 Å². The maximum atomic E-state index is 13.1. The molecule has 3 rings (SSSR count). The normalized spacial score (nSPS) is 11.6. The van der Waals surface area contributed by atoms with E-state index >= 15 is 0 Å². The molecule has 142 valence electrons. The van der Waals surface area contributed by atoms with Gasteiger partial charge in [-0.15, -0.1) is 5.10 Å². The Morgan fingerprint density at radius 2 is 1.81 bits per heavy atom. The van der Waals surface area contributed by atoms with Crippen molar-refractivity contribution < 1.29 is 12.8 Å². The number of halogens is 2. The second kappa shape index (κ2) is 7.28. The molecule has 0 radical (unpaired) electrons. The molecule has 0 atom stereocenters. The minimum absolute atomic E-state index is 0.0485. The lowest BCUT2D eigenvalue weighted by atomic mass is 10.1. The predicted octanol–water partition coefficient (Wildman–Crippen LogP) is 3.84. The monoisotopic (exact) mass is 408 g/mol. The molecular formula is C18H18ClFN4O2S. The van der Waals surface area contributed by atoms with Crippen molar-refractivity contribution in [3.05, 3.63) is 69.8 Å². The van der Waals surface area contributed by atoms with E-state index in [0.717, 1.165) is 5.56 Å². The first-order chi connectivity index (χ1) is 12.7. The lowest BCUT2D eigenvalue weighted by molar-refractivity contribution is 0.599. The van der Waals surface area contributed by atoms with Gasteiger partial charge in [-0.25, -0.2) is 22.2 Å². The Morgan fingerprint density at radius 1 is 1.15 bits per heavy atom. The van der Waals surface area contributed by atoms with E-state index in [2.05, 4.69) is 14.8 Å². The molecule has 0 bridgehead atoms. The van der Waals surface area contributed by atoms with Gasteiger partial charge < -0.3 is 0 Å². The van der Waals surface area contributed by atoms with E-state index < -0.39 is 15.8 Å². The van der Waals surface area contributed by atoms with Gasteiger partial charge in [-0.1, -0.05) is 35.4 Å². The van der Waals surface area contributed by atoms with Crippen LogP contribution in [0.15, 0.2) is 41.6 Å². The van der Waals surface area contributed by atoms with Gasteiger partial charge in [0.25, 0.3) is 16.0 Å². The molecule has 0 fully saturated rings. The van der Waals surface area contributed by atoms with Crippen LogP contribution < -0.4 is 4.72 Å². The van der Waals surface area contributed by atoms with Crippen molar-refractivity contribution in [1.29, 1.82) is 0 Å². The van der Waals surface area contributed by atoms with E-state index in [0.29, 0.717) is 16.7 Å². The number of benzene rings is 2. The van der Waals surface area contributed by atoms with Gasteiger partial charge in [0.15, 0.2) is 0 Å². The molecule has 0 aliphatic carbocycles. The van der Waals surface area contributed by atoms with Crippen molar-refractivity contribution >= 4 is 27.6 Å². The number of nitrogens with zero attached hydrogens (tertiary/aromatic N) is 3. The van der Waals surface area contributed by atoms with Gasteiger partial charge in [-0.2, -0.15) is 4.98 Å². The van der Waals surface area contributed by atoms with E-state index in [1.165, 1.54) is 23.1 Å². The number of aromatic nitrogens is 3. The van der Waals surface area contributed by atoms with Crippen molar-refractivity contribution in [1.82, 2.24) is 14.8 Å². The van der Waals surface area contributed by atoms with Gasteiger partial charge in [-0.3, -0.25) is 0 Å². The molecule has 1 heterocycles. The molecule has 0 saturated heterocycles. The molecule has 0 saturated carbocycles. The van der Waals surface area contributed by atoms with Crippen LogP contribution in [0.25, 0.3) is 0 Å². The Hall–Kier alpha value is -2.45. The molecular weight excluding hydrogens is 391 g/mol. The van der Waals surface area contributed by atoms with Crippen molar-refractivity contribution in [2.24, 2.45) is 0 Å². The third-order valence-corrected chi connectivity index (χ3v) is 5.97. The van der Waals surface area contributed by atoms with Gasteiger partial charge in [0.2, 0.25) is 0 Å². The number of aryl methyl sites for hydroxylation is 3. The summed E-state index contributed by atoms with van der Waals surface area (Å²) in [6, 6.07) is 7.67. The minimum atomic E-state index is -3.83. The second-order valence-corrected chi connectivity index (χ2v) is 8.36. The Bertz CT molecular complexity index is 1090. The Labute approximate surface area is 162 Å². The van der Waals surface area contributed by atoms with Crippen LogP contribution in [-0.4, -0.2) is 23.2 Å². The minimum Gasteiger partial charge on any atom is -0.246 e. The summed E-state index contributed by atoms with van der Waals surface area (Å²) in [5.41, 5.74) is 2.93. The van der Waals surface area contributed by atoms with Gasteiger partial charge in [0.1, 0.15) is 12.1 Å². The SMILES string of the molecule is Cc1cc(C)c(S(=O)(=O)Nc2ncn(Cc3ccc(F)cc3Cl)n2)c(C)c1. The maximum Gasteiger partial charge on any atom is 0.264 e. The van der Waals surface area contributed by atoms with Crippen molar-refractivity contribution in [3.63, 3.8) is 0 Å². The molecule has 3 aromatic rings. The van der Waals surface area contributed by atoms with Crippen molar-refractivity contribution in [2.75, 3.05) is 4.72 Å². The predicted molar refractivity (Wildman–Crippen MR) is 102 cm³/mol. The zero-order valence-corrected chi connectivity index (χ0v) is 16.6. The van der Waals surface area contributed by atoms with E-state index in [4.69, 9.17) is 11.6 Å². The third-order valence-electron chi connectivity index (χ3n) is 3.98. The largest absolute Gasteiger partial charge is 0.264 e. The number of hydrogen-bond acceptors (Lipinski definition) is 4. The van der Waals surface area contributed by atoms with Crippen LogP contribution in [0.4, 0.5) is 10.3 Å². The Morgan fingerprint density at radius 3 is 2.44 bits per heavy atom. The molecule has 1 aromatic heterocycles. The molecule has 6 nitrogen and oxygen atoms in total. The Balaban J connectivity index is 1.83. The highest BCUT2D eigenvalue weighted by atomic mass is 35.5. The number of nitrogens with one attached hydrogen (secondary N) is 1. The highest BCUT2D eigenvalue weighted by Crippen LogP contribution is 2.23. The van der Waals surface area contributed by atoms with Crippen molar-refractivity contribution in [2.45, 2.75) is 32.2 Å². The molecule has 0 amide bonds. The first-order valence-electron chi connectivity index (χ1n) is 8.10. The summed E-state index contributed by atoms with van der Waals surface area (Å²) in [5.74, 6) is -0.479. The lowest BCUT2D eigenvalue weighted by Gasteiger charge is -2.12. The number of sulfonamides is 1. The van der Waals surface area contributed by atoms with Crippen LogP contribution in [0.5, 0.6) is 0 Å². The van der Waals surface area contributed by atoms with Crippen LogP contribution in [0.3, 0.4) is 0 Å². The average Bonchev–Trinajstić information content (AvgIpc) is 2.95. The summed E-state index contributed by atoms with van der Waals surface area (Å²) in [6.45, 7) is 5.64. The molecule has 0 aliphatic rings. The fourth-order valence-corrected chi connectivity index (χ4v) is 4.63. The average molecular weight is 409 g/mol. The quantitative estimate of drug-likeness (QED) is 0.695.